The second kappa shape index (κ2) is 7.01. The zero-order chi connectivity index (χ0) is 10.2. The number of thiocarbonyl (C=S) groups is 1. The molecule has 0 bridgehead atoms. The van der Waals surface area contributed by atoms with Gasteiger partial charge in [-0.3, -0.25) is 0 Å². The first-order valence-electron chi connectivity index (χ1n) is 5.55. The van der Waals surface area contributed by atoms with Crippen molar-refractivity contribution in [2.24, 2.45) is 5.73 Å². The van der Waals surface area contributed by atoms with Crippen LogP contribution in [0.5, 0.6) is 0 Å². The van der Waals surface area contributed by atoms with Gasteiger partial charge in [0.15, 0.2) is 5.11 Å². The van der Waals surface area contributed by atoms with Gasteiger partial charge in [-0.25, -0.2) is 0 Å². The van der Waals surface area contributed by atoms with Crippen molar-refractivity contribution in [2.45, 2.75) is 32.1 Å². The molecule has 4 heteroatoms. The van der Waals surface area contributed by atoms with Crippen LogP contribution in [0.4, 0.5) is 0 Å². The lowest BCUT2D eigenvalue weighted by atomic mass is 10.1. The monoisotopic (exact) mass is 215 g/mol. The second-order valence-corrected chi connectivity index (χ2v) is 4.34. The Labute approximate surface area is 92.0 Å². The Balaban J connectivity index is 2.10. The Kier molecular flexibility index (Phi) is 5.87. The van der Waals surface area contributed by atoms with Crippen molar-refractivity contribution < 1.29 is 0 Å². The van der Waals surface area contributed by atoms with Gasteiger partial charge in [-0.15, -0.1) is 0 Å². The summed E-state index contributed by atoms with van der Waals surface area (Å²) in [6, 6.07) is 0. The molecule has 0 aromatic heterocycles. The predicted molar refractivity (Wildman–Crippen MR) is 64.3 cm³/mol. The Morgan fingerprint density at radius 2 is 1.71 bits per heavy atom. The molecule has 0 spiro atoms. The summed E-state index contributed by atoms with van der Waals surface area (Å²) in [5, 5.41) is 3.41. The van der Waals surface area contributed by atoms with Gasteiger partial charge in [0.25, 0.3) is 0 Å². The van der Waals surface area contributed by atoms with Crippen molar-refractivity contribution in [2.75, 3.05) is 26.2 Å². The van der Waals surface area contributed by atoms with E-state index in [0.29, 0.717) is 5.11 Å². The molecule has 0 amide bonds. The van der Waals surface area contributed by atoms with Crippen molar-refractivity contribution in [3.05, 3.63) is 0 Å². The summed E-state index contributed by atoms with van der Waals surface area (Å²) in [7, 11) is 0. The molecule has 82 valence electrons. The number of rotatable bonds is 3. The van der Waals surface area contributed by atoms with E-state index < -0.39 is 0 Å². The van der Waals surface area contributed by atoms with Gasteiger partial charge in [-0.1, -0.05) is 19.3 Å². The van der Waals surface area contributed by atoms with Crippen molar-refractivity contribution >= 4 is 17.3 Å². The molecule has 3 N–H and O–H groups in total. The van der Waals surface area contributed by atoms with Crippen LogP contribution in [0.3, 0.4) is 0 Å². The van der Waals surface area contributed by atoms with Crippen molar-refractivity contribution in [3.63, 3.8) is 0 Å². The van der Waals surface area contributed by atoms with E-state index in [2.05, 4.69) is 10.2 Å². The van der Waals surface area contributed by atoms with E-state index in [-0.39, 0.29) is 0 Å². The number of likely N-dealkylation sites (tertiary alicyclic amines) is 1. The molecule has 1 saturated heterocycles. The van der Waals surface area contributed by atoms with Crippen LogP contribution in [-0.2, 0) is 0 Å². The van der Waals surface area contributed by atoms with Crippen LogP contribution in [-0.4, -0.2) is 36.2 Å². The average molecular weight is 215 g/mol. The van der Waals surface area contributed by atoms with E-state index >= 15 is 0 Å². The fraction of sp³-hybridized carbons (Fsp3) is 0.900. The fourth-order valence-corrected chi connectivity index (χ4v) is 1.98. The smallest absolute Gasteiger partial charge is 0.163 e. The molecule has 0 atom stereocenters. The molecule has 1 heterocycles. The molecule has 0 aromatic rings. The highest BCUT2D eigenvalue weighted by Gasteiger charge is 2.06. The molecule has 0 saturated carbocycles. The first-order valence-corrected chi connectivity index (χ1v) is 5.95. The topological polar surface area (TPSA) is 41.3 Å². The lowest BCUT2D eigenvalue weighted by Gasteiger charge is -2.24. The zero-order valence-corrected chi connectivity index (χ0v) is 9.61. The minimum absolute atomic E-state index is 0.414. The first kappa shape index (κ1) is 11.7. The summed E-state index contributed by atoms with van der Waals surface area (Å²) in [6.45, 7) is 4.42. The Hall–Kier alpha value is -0.350. The highest BCUT2D eigenvalue weighted by molar-refractivity contribution is 7.80. The standard InChI is InChI=1S/C10H21N3S/c11-10(14)12-6-9-13-7-4-2-1-3-5-8-13/h1-9H2,(H3,11,12,14). The number of hydrogen-bond acceptors (Lipinski definition) is 2. The molecule has 1 fully saturated rings. The molecule has 0 unspecified atom stereocenters. The third-order valence-corrected chi connectivity index (χ3v) is 2.82. The van der Waals surface area contributed by atoms with Gasteiger partial charge in [0, 0.05) is 13.1 Å². The molecule has 1 rings (SSSR count). The van der Waals surface area contributed by atoms with Crippen molar-refractivity contribution in [1.82, 2.24) is 10.2 Å². The summed E-state index contributed by atoms with van der Waals surface area (Å²) in [4.78, 5) is 2.50. The first-order chi connectivity index (χ1) is 6.79. The van der Waals surface area contributed by atoms with E-state index in [4.69, 9.17) is 18.0 Å². The predicted octanol–water partition coefficient (Wildman–Crippen LogP) is 1.09. The van der Waals surface area contributed by atoms with Crippen LogP contribution in [0.1, 0.15) is 32.1 Å². The van der Waals surface area contributed by atoms with E-state index in [1.165, 1.54) is 45.2 Å². The molecule has 0 aliphatic carbocycles. The highest BCUT2D eigenvalue weighted by Crippen LogP contribution is 2.09. The molecule has 3 nitrogen and oxygen atoms in total. The third-order valence-electron chi connectivity index (χ3n) is 2.68. The van der Waals surface area contributed by atoms with Crippen LogP contribution in [0.2, 0.25) is 0 Å². The van der Waals surface area contributed by atoms with Crippen LogP contribution >= 0.6 is 12.2 Å². The minimum atomic E-state index is 0.414. The maximum Gasteiger partial charge on any atom is 0.163 e. The van der Waals surface area contributed by atoms with Crippen LogP contribution in [0, 0.1) is 0 Å². The normalized spacial score (nSPS) is 19.7. The Morgan fingerprint density at radius 1 is 1.14 bits per heavy atom. The highest BCUT2D eigenvalue weighted by atomic mass is 32.1. The van der Waals surface area contributed by atoms with E-state index in [1.54, 1.807) is 0 Å². The second-order valence-electron chi connectivity index (χ2n) is 3.90. The SMILES string of the molecule is NC(=S)NCCN1CCCCCCC1. The van der Waals surface area contributed by atoms with Crippen molar-refractivity contribution in [3.8, 4) is 0 Å². The lowest BCUT2D eigenvalue weighted by molar-refractivity contribution is 0.251. The van der Waals surface area contributed by atoms with E-state index in [0.717, 1.165) is 13.1 Å². The lowest BCUT2D eigenvalue weighted by Crippen LogP contribution is -2.38. The van der Waals surface area contributed by atoms with Crippen LogP contribution in [0.25, 0.3) is 0 Å². The summed E-state index contributed by atoms with van der Waals surface area (Å²) in [5.41, 5.74) is 5.37. The summed E-state index contributed by atoms with van der Waals surface area (Å²) in [5.74, 6) is 0. The van der Waals surface area contributed by atoms with E-state index in [9.17, 15) is 0 Å². The average Bonchev–Trinajstić information content (AvgIpc) is 2.07. The Morgan fingerprint density at radius 3 is 2.29 bits per heavy atom. The molecular weight excluding hydrogens is 194 g/mol. The van der Waals surface area contributed by atoms with Gasteiger partial charge in [0.05, 0.1) is 0 Å². The van der Waals surface area contributed by atoms with Crippen LogP contribution in [0.15, 0.2) is 0 Å². The molecule has 14 heavy (non-hydrogen) atoms. The van der Waals surface area contributed by atoms with Gasteiger partial charge in [-0.2, -0.15) is 0 Å². The Bertz CT molecular complexity index is 165. The minimum Gasteiger partial charge on any atom is -0.376 e. The van der Waals surface area contributed by atoms with Crippen LogP contribution < -0.4 is 11.1 Å². The quantitative estimate of drug-likeness (QED) is 0.692. The van der Waals surface area contributed by atoms with E-state index in [1.807, 2.05) is 0 Å². The number of nitrogens with two attached hydrogens (primary N) is 1. The maximum absolute atomic E-state index is 5.37. The fourth-order valence-electron chi connectivity index (χ4n) is 1.87. The summed E-state index contributed by atoms with van der Waals surface area (Å²) >= 11 is 4.76. The number of nitrogens with one attached hydrogen (secondary N) is 1. The molecular formula is C10H21N3S. The van der Waals surface area contributed by atoms with Gasteiger partial charge >= 0.3 is 0 Å². The van der Waals surface area contributed by atoms with Gasteiger partial charge in [-0.05, 0) is 38.1 Å². The third kappa shape index (κ3) is 5.40. The molecule has 1 aliphatic heterocycles. The molecule has 1 aliphatic rings. The van der Waals surface area contributed by atoms with Gasteiger partial charge in [0.1, 0.15) is 0 Å². The zero-order valence-electron chi connectivity index (χ0n) is 8.80. The molecule has 0 aromatic carbocycles. The van der Waals surface area contributed by atoms with Crippen molar-refractivity contribution in [1.29, 1.82) is 0 Å². The summed E-state index contributed by atoms with van der Waals surface area (Å²) < 4.78 is 0. The van der Waals surface area contributed by atoms with Gasteiger partial charge in [0.2, 0.25) is 0 Å². The maximum atomic E-state index is 5.37. The number of hydrogen-bond donors (Lipinski definition) is 2. The largest absolute Gasteiger partial charge is 0.376 e. The number of nitrogens with zero attached hydrogens (tertiary/aromatic N) is 1. The molecule has 0 radical (unpaired) electrons. The van der Waals surface area contributed by atoms with Gasteiger partial charge < -0.3 is 16.0 Å². The summed E-state index contributed by atoms with van der Waals surface area (Å²) in [6.07, 6.45) is 6.87.